The Morgan fingerprint density at radius 2 is 2.11 bits per heavy atom. The van der Waals surface area contributed by atoms with Crippen LogP contribution in [0.15, 0.2) is 22.6 Å². The molecule has 4 nitrogen and oxygen atoms in total. The lowest BCUT2D eigenvalue weighted by atomic mass is 10.1. The van der Waals surface area contributed by atoms with Gasteiger partial charge in [0.15, 0.2) is 0 Å². The lowest BCUT2D eigenvalue weighted by Crippen LogP contribution is -2.13. The van der Waals surface area contributed by atoms with E-state index in [4.69, 9.17) is 10.2 Å². The third kappa shape index (κ3) is 2.35. The van der Waals surface area contributed by atoms with Crippen molar-refractivity contribution in [3.05, 3.63) is 29.5 Å². The van der Waals surface area contributed by atoms with E-state index in [1.54, 1.807) is 0 Å². The van der Waals surface area contributed by atoms with E-state index in [1.165, 1.54) is 25.1 Å². The lowest BCUT2D eigenvalue weighted by molar-refractivity contribution is -0.152. The van der Waals surface area contributed by atoms with Crippen LogP contribution in [0.4, 0.5) is 18.9 Å². The first-order valence-corrected chi connectivity index (χ1v) is 5.41. The van der Waals surface area contributed by atoms with E-state index in [0.29, 0.717) is 0 Å². The Morgan fingerprint density at radius 1 is 1.42 bits per heavy atom. The maximum absolute atomic E-state index is 12.9. The van der Waals surface area contributed by atoms with Gasteiger partial charge >= 0.3 is 12.1 Å². The van der Waals surface area contributed by atoms with Crippen molar-refractivity contribution in [2.24, 2.45) is 0 Å². The Labute approximate surface area is 105 Å². The van der Waals surface area contributed by atoms with Crippen molar-refractivity contribution in [2.45, 2.75) is 13.1 Å². The zero-order valence-corrected chi connectivity index (χ0v) is 9.88. The molecule has 1 aromatic carbocycles. The Balaban J connectivity index is 2.74. The van der Waals surface area contributed by atoms with Gasteiger partial charge in [-0.05, 0) is 25.1 Å². The van der Waals surface area contributed by atoms with Crippen molar-refractivity contribution < 1.29 is 27.1 Å². The fraction of sp³-hybridized carbons (Fsp3) is 0.250. The van der Waals surface area contributed by atoms with Crippen LogP contribution in [0.5, 0.6) is 0 Å². The van der Waals surface area contributed by atoms with Crippen LogP contribution in [0.1, 0.15) is 23.0 Å². The van der Waals surface area contributed by atoms with Crippen LogP contribution in [0.2, 0.25) is 0 Å². The van der Waals surface area contributed by atoms with E-state index >= 15 is 0 Å². The number of ether oxygens (including phenoxy) is 1. The SMILES string of the molecule is CCOC(=O)c1c(C(F)(F)F)oc2ccc(N)cc12. The van der Waals surface area contributed by atoms with Gasteiger partial charge in [-0.2, -0.15) is 13.2 Å². The largest absolute Gasteiger partial charge is 0.462 e. The first-order valence-electron chi connectivity index (χ1n) is 5.41. The summed E-state index contributed by atoms with van der Waals surface area (Å²) < 4.78 is 47.9. The highest BCUT2D eigenvalue weighted by Crippen LogP contribution is 2.38. The zero-order valence-electron chi connectivity index (χ0n) is 9.88. The molecule has 1 heterocycles. The predicted molar refractivity (Wildman–Crippen MR) is 61.6 cm³/mol. The van der Waals surface area contributed by atoms with E-state index in [0.717, 1.165) is 0 Å². The molecule has 2 N–H and O–H groups in total. The minimum Gasteiger partial charge on any atom is -0.462 e. The summed E-state index contributed by atoms with van der Waals surface area (Å²) in [6.07, 6.45) is -4.78. The van der Waals surface area contributed by atoms with E-state index in [9.17, 15) is 18.0 Å². The van der Waals surface area contributed by atoms with Gasteiger partial charge in [-0.3, -0.25) is 0 Å². The molecule has 0 aliphatic carbocycles. The maximum Gasteiger partial charge on any atom is 0.450 e. The number of nitrogen functional groups attached to an aromatic ring is 1. The Morgan fingerprint density at radius 3 is 2.68 bits per heavy atom. The van der Waals surface area contributed by atoms with Gasteiger partial charge < -0.3 is 14.9 Å². The molecule has 0 radical (unpaired) electrons. The van der Waals surface area contributed by atoms with Crippen LogP contribution >= 0.6 is 0 Å². The highest BCUT2D eigenvalue weighted by Gasteiger charge is 2.41. The Bertz CT molecular complexity index is 631. The molecule has 102 valence electrons. The van der Waals surface area contributed by atoms with E-state index in [-0.39, 0.29) is 23.3 Å². The monoisotopic (exact) mass is 273 g/mol. The summed E-state index contributed by atoms with van der Waals surface area (Å²) in [5.41, 5.74) is 5.03. The average molecular weight is 273 g/mol. The number of halogens is 3. The number of hydrogen-bond donors (Lipinski definition) is 1. The van der Waals surface area contributed by atoms with Crippen LogP contribution < -0.4 is 5.73 Å². The van der Waals surface area contributed by atoms with Crippen molar-refractivity contribution in [2.75, 3.05) is 12.3 Å². The number of esters is 1. The van der Waals surface area contributed by atoms with Crippen molar-refractivity contribution in [1.82, 2.24) is 0 Å². The van der Waals surface area contributed by atoms with Crippen LogP contribution in [-0.4, -0.2) is 12.6 Å². The van der Waals surface area contributed by atoms with Gasteiger partial charge in [0.25, 0.3) is 0 Å². The van der Waals surface area contributed by atoms with Gasteiger partial charge in [-0.25, -0.2) is 4.79 Å². The molecule has 2 aromatic rings. The van der Waals surface area contributed by atoms with E-state index in [1.807, 2.05) is 0 Å². The Kier molecular flexibility index (Phi) is 3.13. The Hall–Kier alpha value is -2.18. The van der Waals surface area contributed by atoms with Crippen molar-refractivity contribution in [3.8, 4) is 0 Å². The van der Waals surface area contributed by atoms with E-state index in [2.05, 4.69) is 4.74 Å². The molecule has 1 aromatic heterocycles. The summed E-state index contributed by atoms with van der Waals surface area (Å²) >= 11 is 0. The number of nitrogens with two attached hydrogens (primary N) is 1. The molecule has 0 unspecified atom stereocenters. The van der Waals surface area contributed by atoms with Crippen LogP contribution in [0.3, 0.4) is 0 Å². The van der Waals surface area contributed by atoms with Gasteiger partial charge in [-0.15, -0.1) is 0 Å². The summed E-state index contributed by atoms with van der Waals surface area (Å²) in [5, 5.41) is -0.00854. The maximum atomic E-state index is 12.9. The van der Waals surface area contributed by atoms with Gasteiger partial charge in [0.1, 0.15) is 11.1 Å². The molecule has 0 atom stereocenters. The summed E-state index contributed by atoms with van der Waals surface area (Å²) in [4.78, 5) is 11.7. The number of furan rings is 1. The second-order valence-corrected chi connectivity index (χ2v) is 3.78. The van der Waals surface area contributed by atoms with Crippen molar-refractivity contribution in [1.29, 1.82) is 0 Å². The number of alkyl halides is 3. The predicted octanol–water partition coefficient (Wildman–Crippen LogP) is 3.21. The molecule has 0 spiro atoms. The molecule has 0 aliphatic heterocycles. The number of rotatable bonds is 2. The minimum atomic E-state index is -4.78. The van der Waals surface area contributed by atoms with E-state index < -0.39 is 23.5 Å². The molecule has 0 saturated carbocycles. The highest BCUT2D eigenvalue weighted by atomic mass is 19.4. The minimum absolute atomic E-state index is 0.00854. The third-order valence-corrected chi connectivity index (χ3v) is 2.45. The number of carbonyl (C=O) groups is 1. The molecule has 0 bridgehead atoms. The van der Waals surface area contributed by atoms with Gasteiger partial charge in [-0.1, -0.05) is 0 Å². The summed E-state index contributed by atoms with van der Waals surface area (Å²) in [6.45, 7) is 1.47. The normalized spacial score (nSPS) is 11.8. The molecular weight excluding hydrogens is 263 g/mol. The molecule has 2 rings (SSSR count). The molecule has 0 saturated heterocycles. The molecule has 0 aliphatic rings. The molecule has 7 heteroatoms. The number of anilines is 1. The van der Waals surface area contributed by atoms with Gasteiger partial charge in [0.2, 0.25) is 5.76 Å². The second-order valence-electron chi connectivity index (χ2n) is 3.78. The second kappa shape index (κ2) is 4.49. The molecular formula is C12H10F3NO3. The quantitative estimate of drug-likeness (QED) is 0.674. The summed E-state index contributed by atoms with van der Waals surface area (Å²) in [7, 11) is 0. The first-order chi connectivity index (χ1) is 8.84. The number of carbonyl (C=O) groups excluding carboxylic acids is 1. The molecule has 0 amide bonds. The van der Waals surface area contributed by atoms with Gasteiger partial charge in [0.05, 0.1) is 6.61 Å². The average Bonchev–Trinajstić information content (AvgIpc) is 2.67. The van der Waals surface area contributed by atoms with Crippen molar-refractivity contribution >= 4 is 22.6 Å². The smallest absolute Gasteiger partial charge is 0.450 e. The highest BCUT2D eigenvalue weighted by molar-refractivity contribution is 6.05. The molecule has 0 fully saturated rings. The number of hydrogen-bond acceptors (Lipinski definition) is 4. The van der Waals surface area contributed by atoms with Crippen LogP contribution in [0, 0.1) is 0 Å². The topological polar surface area (TPSA) is 65.5 Å². The van der Waals surface area contributed by atoms with Crippen LogP contribution in [-0.2, 0) is 10.9 Å². The standard InChI is InChI=1S/C12H10F3NO3/c1-2-18-11(17)9-7-5-6(16)3-4-8(7)19-10(9)12(13,14)15/h3-5H,2,16H2,1H3. The number of fused-ring (bicyclic) bond motifs is 1. The fourth-order valence-electron chi connectivity index (χ4n) is 1.72. The number of benzene rings is 1. The zero-order chi connectivity index (χ0) is 14.2. The summed E-state index contributed by atoms with van der Waals surface area (Å²) in [6, 6.07) is 3.92. The van der Waals surface area contributed by atoms with Crippen molar-refractivity contribution in [3.63, 3.8) is 0 Å². The first kappa shape index (κ1) is 13.3. The van der Waals surface area contributed by atoms with Crippen LogP contribution in [0.25, 0.3) is 11.0 Å². The summed E-state index contributed by atoms with van der Waals surface area (Å²) in [5.74, 6) is -2.45. The fourth-order valence-corrected chi connectivity index (χ4v) is 1.72. The van der Waals surface area contributed by atoms with Gasteiger partial charge in [0, 0.05) is 11.1 Å². The lowest BCUT2D eigenvalue weighted by Gasteiger charge is -2.05. The third-order valence-electron chi connectivity index (χ3n) is 2.45. The molecule has 19 heavy (non-hydrogen) atoms.